The van der Waals surface area contributed by atoms with Crippen LogP contribution in [-0.2, 0) is 12.0 Å². The Morgan fingerprint density at radius 3 is 2.63 bits per heavy atom. The average molecular weight is 399 g/mol. The summed E-state index contributed by atoms with van der Waals surface area (Å²) < 4.78 is 5.46. The number of hydrogen-bond donors (Lipinski definition) is 1. The van der Waals surface area contributed by atoms with Crippen LogP contribution in [0.4, 0.5) is 5.82 Å². The third kappa shape index (κ3) is 3.82. The minimum absolute atomic E-state index is 0.0844. The molecule has 0 saturated heterocycles. The number of hydrogen-bond acceptors (Lipinski definition) is 6. The van der Waals surface area contributed by atoms with Crippen LogP contribution in [0.15, 0.2) is 47.2 Å². The predicted octanol–water partition coefficient (Wildman–Crippen LogP) is 5.91. The lowest BCUT2D eigenvalue weighted by molar-refractivity contribution is 0.390. The molecule has 0 aliphatic heterocycles. The monoisotopic (exact) mass is 398 g/mol. The highest BCUT2D eigenvalue weighted by atomic mass is 35.5. The molecule has 0 atom stereocenters. The van der Waals surface area contributed by atoms with Crippen LogP contribution >= 0.6 is 22.9 Å². The van der Waals surface area contributed by atoms with Gasteiger partial charge in [0.05, 0.1) is 11.9 Å². The van der Waals surface area contributed by atoms with Crippen molar-refractivity contribution in [2.75, 3.05) is 5.32 Å². The highest BCUT2D eigenvalue weighted by molar-refractivity contribution is 7.18. The Kier molecular flexibility index (Phi) is 4.61. The first-order chi connectivity index (χ1) is 12.9. The Morgan fingerprint density at radius 2 is 1.89 bits per heavy atom. The predicted molar refractivity (Wildman–Crippen MR) is 110 cm³/mol. The highest BCUT2D eigenvalue weighted by Gasteiger charge is 2.19. The van der Waals surface area contributed by atoms with Gasteiger partial charge in [0.15, 0.2) is 5.76 Å². The van der Waals surface area contributed by atoms with E-state index in [1.54, 1.807) is 17.7 Å². The molecule has 3 aromatic heterocycles. The van der Waals surface area contributed by atoms with E-state index in [9.17, 15) is 0 Å². The molecule has 4 aromatic rings. The van der Waals surface area contributed by atoms with Gasteiger partial charge < -0.3 is 9.84 Å². The molecular formula is C20H19ClN4OS. The molecule has 0 saturated carbocycles. The first-order valence-corrected chi connectivity index (χ1v) is 9.80. The van der Waals surface area contributed by atoms with Gasteiger partial charge in [-0.3, -0.25) is 0 Å². The number of benzene rings is 1. The van der Waals surface area contributed by atoms with E-state index in [2.05, 4.69) is 47.3 Å². The number of thiophene rings is 1. The number of nitrogens with zero attached hydrogens (tertiary/aromatic N) is 3. The molecule has 5 nitrogen and oxygen atoms in total. The lowest BCUT2D eigenvalue weighted by atomic mass is 9.94. The lowest BCUT2D eigenvalue weighted by Gasteiger charge is -2.14. The number of aromatic nitrogens is 3. The van der Waals surface area contributed by atoms with Crippen molar-refractivity contribution in [2.24, 2.45) is 0 Å². The maximum absolute atomic E-state index is 5.93. The fourth-order valence-electron chi connectivity index (χ4n) is 2.69. The molecule has 0 spiro atoms. The number of fused-ring (bicyclic) bond motifs is 1. The fraction of sp³-hybridized carbons (Fsp3) is 0.250. The van der Waals surface area contributed by atoms with E-state index in [1.807, 2.05) is 30.3 Å². The minimum Gasteiger partial charge on any atom is -0.362 e. The largest absolute Gasteiger partial charge is 0.362 e. The van der Waals surface area contributed by atoms with E-state index in [-0.39, 0.29) is 5.41 Å². The molecule has 0 bridgehead atoms. The number of anilines is 1. The van der Waals surface area contributed by atoms with E-state index in [4.69, 9.17) is 16.1 Å². The quantitative estimate of drug-likeness (QED) is 0.463. The van der Waals surface area contributed by atoms with Crippen molar-refractivity contribution in [2.45, 2.75) is 32.7 Å². The van der Waals surface area contributed by atoms with E-state index in [1.165, 1.54) is 4.88 Å². The van der Waals surface area contributed by atoms with Crippen LogP contribution in [0.2, 0.25) is 5.02 Å². The van der Waals surface area contributed by atoms with Crippen molar-refractivity contribution in [3.8, 4) is 11.3 Å². The summed E-state index contributed by atoms with van der Waals surface area (Å²) in [6.07, 6.45) is 1.59. The fourth-order valence-corrected chi connectivity index (χ4v) is 3.87. The molecule has 0 aliphatic rings. The molecular weight excluding hydrogens is 380 g/mol. The Balaban J connectivity index is 1.54. The molecule has 27 heavy (non-hydrogen) atoms. The maximum atomic E-state index is 5.93. The average Bonchev–Trinajstić information content (AvgIpc) is 3.27. The van der Waals surface area contributed by atoms with Crippen molar-refractivity contribution in [3.05, 3.63) is 58.4 Å². The van der Waals surface area contributed by atoms with Gasteiger partial charge in [-0.05, 0) is 23.6 Å². The first kappa shape index (κ1) is 17.9. The summed E-state index contributed by atoms with van der Waals surface area (Å²) in [4.78, 5) is 11.1. The van der Waals surface area contributed by atoms with E-state index < -0.39 is 0 Å². The maximum Gasteiger partial charge on any atom is 0.156 e. The van der Waals surface area contributed by atoms with Gasteiger partial charge in [-0.25, -0.2) is 9.97 Å². The zero-order valence-corrected chi connectivity index (χ0v) is 16.9. The lowest BCUT2D eigenvalue weighted by Crippen LogP contribution is -2.07. The molecule has 0 radical (unpaired) electrons. The summed E-state index contributed by atoms with van der Waals surface area (Å²) in [6, 6.07) is 11.6. The summed E-state index contributed by atoms with van der Waals surface area (Å²) in [5, 5.41) is 9.21. The summed E-state index contributed by atoms with van der Waals surface area (Å²) in [7, 11) is 0. The van der Waals surface area contributed by atoms with Crippen molar-refractivity contribution in [3.63, 3.8) is 0 Å². The van der Waals surface area contributed by atoms with Crippen LogP contribution in [-0.4, -0.2) is 15.1 Å². The van der Waals surface area contributed by atoms with E-state index >= 15 is 0 Å². The van der Waals surface area contributed by atoms with Gasteiger partial charge >= 0.3 is 0 Å². The van der Waals surface area contributed by atoms with Crippen LogP contribution in [0.25, 0.3) is 21.5 Å². The summed E-state index contributed by atoms with van der Waals surface area (Å²) in [5.41, 5.74) is 1.83. The molecule has 0 amide bonds. The normalized spacial score (nSPS) is 11.9. The highest BCUT2D eigenvalue weighted by Crippen LogP contribution is 2.35. The second-order valence-corrected chi connectivity index (χ2v) is 8.81. The third-order valence-corrected chi connectivity index (χ3v) is 5.92. The Labute approximate surface area is 166 Å². The number of halogens is 1. The summed E-state index contributed by atoms with van der Waals surface area (Å²) >= 11 is 7.64. The number of rotatable bonds is 4. The van der Waals surface area contributed by atoms with Crippen LogP contribution in [0.1, 0.15) is 31.4 Å². The Morgan fingerprint density at radius 1 is 1.11 bits per heavy atom. The summed E-state index contributed by atoms with van der Waals surface area (Å²) in [6.45, 7) is 7.09. The molecule has 1 aromatic carbocycles. The van der Waals surface area contributed by atoms with Gasteiger partial charge in [0.2, 0.25) is 0 Å². The SMILES string of the molecule is CC(C)(C)c1cc2c(NCc3cc(-c4ccc(Cl)cc4)no3)ncnc2s1. The zero-order valence-electron chi connectivity index (χ0n) is 15.3. The van der Waals surface area contributed by atoms with Crippen molar-refractivity contribution in [1.29, 1.82) is 0 Å². The van der Waals surface area contributed by atoms with Crippen molar-refractivity contribution >= 4 is 39.0 Å². The van der Waals surface area contributed by atoms with E-state index in [0.29, 0.717) is 11.6 Å². The molecule has 4 rings (SSSR count). The third-order valence-electron chi connectivity index (χ3n) is 4.20. The van der Waals surface area contributed by atoms with Crippen LogP contribution in [0, 0.1) is 0 Å². The molecule has 7 heteroatoms. The standard InChI is InChI=1S/C20H19ClN4OS/c1-20(2,3)17-9-15-18(23-11-24-19(15)27-17)22-10-14-8-16(25-26-14)12-4-6-13(21)7-5-12/h4-9,11H,10H2,1-3H3,(H,22,23,24). The first-order valence-electron chi connectivity index (χ1n) is 8.60. The Hall–Kier alpha value is -2.44. The van der Waals surface area contributed by atoms with Crippen LogP contribution < -0.4 is 5.32 Å². The van der Waals surface area contributed by atoms with Gasteiger partial charge in [-0.1, -0.05) is 49.7 Å². The topological polar surface area (TPSA) is 63.8 Å². The molecule has 0 aliphatic carbocycles. The summed E-state index contributed by atoms with van der Waals surface area (Å²) in [5.74, 6) is 1.54. The second-order valence-electron chi connectivity index (χ2n) is 7.34. The van der Waals surface area contributed by atoms with Gasteiger partial charge in [-0.2, -0.15) is 0 Å². The second kappa shape index (κ2) is 6.94. The van der Waals surface area contributed by atoms with Gasteiger partial charge in [0.1, 0.15) is 22.7 Å². The zero-order chi connectivity index (χ0) is 19.0. The minimum atomic E-state index is 0.0844. The van der Waals surface area contributed by atoms with Gasteiger partial charge in [-0.15, -0.1) is 11.3 Å². The molecule has 0 unspecified atom stereocenters. The molecule has 3 heterocycles. The molecule has 0 fully saturated rings. The van der Waals surface area contributed by atoms with Gasteiger partial charge in [0.25, 0.3) is 0 Å². The van der Waals surface area contributed by atoms with Crippen LogP contribution in [0.5, 0.6) is 0 Å². The van der Waals surface area contributed by atoms with Crippen LogP contribution in [0.3, 0.4) is 0 Å². The number of nitrogens with one attached hydrogen (secondary N) is 1. The van der Waals surface area contributed by atoms with Gasteiger partial charge in [0, 0.05) is 21.5 Å². The molecule has 138 valence electrons. The molecule has 1 N–H and O–H groups in total. The van der Waals surface area contributed by atoms with E-state index in [0.717, 1.165) is 33.1 Å². The van der Waals surface area contributed by atoms with Crippen molar-refractivity contribution in [1.82, 2.24) is 15.1 Å². The van der Waals surface area contributed by atoms with Crippen molar-refractivity contribution < 1.29 is 4.52 Å². The smallest absolute Gasteiger partial charge is 0.156 e. The Bertz CT molecular complexity index is 1080.